The fourth-order valence-corrected chi connectivity index (χ4v) is 2.44. The number of nitrogens with two attached hydrogens (primary N) is 1. The van der Waals surface area contributed by atoms with E-state index in [-0.39, 0.29) is 6.42 Å². The zero-order chi connectivity index (χ0) is 17.2. The number of rotatable bonds is 4. The molecule has 118 valence electrons. The van der Waals surface area contributed by atoms with Gasteiger partial charge in [0, 0.05) is 0 Å². The second kappa shape index (κ2) is 6.31. The van der Waals surface area contributed by atoms with Gasteiger partial charge >= 0.3 is 5.97 Å². The van der Waals surface area contributed by atoms with Crippen LogP contribution in [0.2, 0.25) is 5.02 Å². The molecule has 0 saturated carbocycles. The van der Waals surface area contributed by atoms with Crippen LogP contribution in [0.5, 0.6) is 0 Å². The molecule has 2 aromatic carbocycles. The number of aliphatic carboxylic acids is 1. The summed E-state index contributed by atoms with van der Waals surface area (Å²) in [5, 5.41) is 18.9. The van der Waals surface area contributed by atoms with E-state index in [2.05, 4.69) is 6.07 Å². The number of hydrogen-bond donors (Lipinski definition) is 2. The molecule has 0 radical (unpaired) electrons. The van der Waals surface area contributed by atoms with E-state index in [1.54, 1.807) is 30.3 Å². The average Bonchev–Trinajstić information content (AvgIpc) is 2.50. The summed E-state index contributed by atoms with van der Waals surface area (Å²) in [6, 6.07) is 12.8. The molecular weight excluding hydrogens is 312 g/mol. The van der Waals surface area contributed by atoms with Crippen LogP contribution in [-0.4, -0.2) is 11.1 Å². The SMILES string of the molecule is CC(C)(C#N)c1ccc(CC(=O)O)c(-c2ccc(Cl)c(N)c2)c1. The van der Waals surface area contributed by atoms with Crippen molar-refractivity contribution < 1.29 is 9.90 Å². The first-order valence-electron chi connectivity index (χ1n) is 7.06. The first kappa shape index (κ1) is 16.9. The first-order valence-corrected chi connectivity index (χ1v) is 7.44. The Morgan fingerprint density at radius 1 is 1.30 bits per heavy atom. The van der Waals surface area contributed by atoms with Crippen LogP contribution in [0.4, 0.5) is 5.69 Å². The van der Waals surface area contributed by atoms with Gasteiger partial charge in [-0.1, -0.05) is 29.8 Å². The molecule has 0 aliphatic heterocycles. The van der Waals surface area contributed by atoms with E-state index in [0.29, 0.717) is 16.3 Å². The van der Waals surface area contributed by atoms with Crippen LogP contribution in [0, 0.1) is 11.3 Å². The highest BCUT2D eigenvalue weighted by Crippen LogP contribution is 2.33. The van der Waals surface area contributed by atoms with Crippen LogP contribution in [-0.2, 0) is 16.6 Å². The predicted molar refractivity (Wildman–Crippen MR) is 91.3 cm³/mol. The Balaban J connectivity index is 2.65. The van der Waals surface area contributed by atoms with Gasteiger partial charge in [0.1, 0.15) is 0 Å². The van der Waals surface area contributed by atoms with Crippen LogP contribution in [0.3, 0.4) is 0 Å². The number of carbonyl (C=O) groups is 1. The van der Waals surface area contributed by atoms with Gasteiger partial charge in [-0.05, 0) is 54.3 Å². The molecular formula is C18H17ClN2O2. The van der Waals surface area contributed by atoms with Crippen molar-refractivity contribution in [1.82, 2.24) is 0 Å². The maximum atomic E-state index is 11.1. The number of nitriles is 1. The minimum absolute atomic E-state index is 0.106. The van der Waals surface area contributed by atoms with Crippen molar-refractivity contribution in [3.05, 3.63) is 52.5 Å². The maximum absolute atomic E-state index is 11.1. The zero-order valence-electron chi connectivity index (χ0n) is 12.9. The van der Waals surface area contributed by atoms with Gasteiger partial charge < -0.3 is 10.8 Å². The lowest BCUT2D eigenvalue weighted by molar-refractivity contribution is -0.136. The minimum Gasteiger partial charge on any atom is -0.481 e. The summed E-state index contributed by atoms with van der Waals surface area (Å²) in [6.07, 6.45) is -0.106. The Morgan fingerprint density at radius 2 is 2.00 bits per heavy atom. The molecule has 4 nitrogen and oxygen atoms in total. The largest absolute Gasteiger partial charge is 0.481 e. The summed E-state index contributed by atoms with van der Waals surface area (Å²) < 4.78 is 0. The minimum atomic E-state index is -0.916. The highest BCUT2D eigenvalue weighted by atomic mass is 35.5. The van der Waals surface area contributed by atoms with Gasteiger partial charge in [-0.25, -0.2) is 0 Å². The van der Waals surface area contributed by atoms with Crippen LogP contribution < -0.4 is 5.73 Å². The maximum Gasteiger partial charge on any atom is 0.307 e. The first-order chi connectivity index (χ1) is 10.7. The van der Waals surface area contributed by atoms with Gasteiger partial charge in [0.05, 0.1) is 28.6 Å². The van der Waals surface area contributed by atoms with Gasteiger partial charge in [-0.2, -0.15) is 5.26 Å². The molecule has 0 unspecified atom stereocenters. The Morgan fingerprint density at radius 3 is 2.57 bits per heavy atom. The van der Waals surface area contributed by atoms with Crippen LogP contribution in [0.15, 0.2) is 36.4 Å². The summed E-state index contributed by atoms with van der Waals surface area (Å²) in [5.74, 6) is -0.916. The van der Waals surface area contributed by atoms with Crippen molar-refractivity contribution in [2.24, 2.45) is 0 Å². The molecule has 0 aliphatic rings. The molecule has 0 fully saturated rings. The molecule has 0 atom stereocenters. The summed E-state index contributed by atoms with van der Waals surface area (Å²) in [4.78, 5) is 11.1. The lowest BCUT2D eigenvalue weighted by Crippen LogP contribution is -2.14. The Labute approximate surface area is 140 Å². The molecule has 0 saturated heterocycles. The van der Waals surface area contributed by atoms with Crippen molar-refractivity contribution >= 4 is 23.3 Å². The van der Waals surface area contributed by atoms with E-state index >= 15 is 0 Å². The molecule has 0 aliphatic carbocycles. The Kier molecular flexibility index (Phi) is 4.63. The lowest BCUT2D eigenvalue weighted by Gasteiger charge is -2.19. The van der Waals surface area contributed by atoms with E-state index in [1.807, 2.05) is 19.9 Å². The second-order valence-corrected chi connectivity index (χ2v) is 6.32. The standard InChI is InChI=1S/C18H17ClN2O2/c1-18(2,10-20)13-5-3-12(8-17(22)23)14(9-13)11-4-6-15(19)16(21)7-11/h3-7,9H,8,21H2,1-2H3,(H,22,23). The third kappa shape index (κ3) is 3.64. The molecule has 0 bridgehead atoms. The van der Waals surface area contributed by atoms with Gasteiger partial charge in [0.2, 0.25) is 0 Å². The van der Waals surface area contributed by atoms with Crippen molar-refractivity contribution in [3.8, 4) is 17.2 Å². The van der Waals surface area contributed by atoms with E-state index in [0.717, 1.165) is 16.7 Å². The fourth-order valence-electron chi connectivity index (χ4n) is 2.33. The summed E-state index contributed by atoms with van der Waals surface area (Å²) in [7, 11) is 0. The second-order valence-electron chi connectivity index (χ2n) is 5.92. The number of benzene rings is 2. The number of carboxylic acid groups (broad SMARTS) is 1. The lowest BCUT2D eigenvalue weighted by atomic mass is 9.83. The smallest absolute Gasteiger partial charge is 0.307 e. The topological polar surface area (TPSA) is 87.1 Å². The summed E-state index contributed by atoms with van der Waals surface area (Å²) in [5.41, 5.74) is 8.62. The molecule has 5 heteroatoms. The molecule has 0 spiro atoms. The predicted octanol–water partition coefficient (Wildman–Crippen LogP) is 4.02. The molecule has 23 heavy (non-hydrogen) atoms. The van der Waals surface area contributed by atoms with Crippen LogP contribution >= 0.6 is 11.6 Å². The van der Waals surface area contributed by atoms with Crippen LogP contribution in [0.25, 0.3) is 11.1 Å². The Bertz CT molecular complexity index is 807. The summed E-state index contributed by atoms with van der Waals surface area (Å²) >= 11 is 5.96. The van der Waals surface area contributed by atoms with Crippen molar-refractivity contribution in [2.45, 2.75) is 25.7 Å². The number of hydrogen-bond acceptors (Lipinski definition) is 3. The third-order valence-electron chi connectivity index (χ3n) is 3.76. The van der Waals surface area contributed by atoms with Gasteiger partial charge in [-0.3, -0.25) is 4.79 Å². The van der Waals surface area contributed by atoms with E-state index in [1.165, 1.54) is 0 Å². The number of halogens is 1. The third-order valence-corrected chi connectivity index (χ3v) is 4.10. The molecule has 0 amide bonds. The van der Waals surface area contributed by atoms with Gasteiger partial charge in [0.25, 0.3) is 0 Å². The molecule has 0 aromatic heterocycles. The van der Waals surface area contributed by atoms with Crippen LogP contribution in [0.1, 0.15) is 25.0 Å². The normalized spacial score (nSPS) is 11.0. The number of nitrogen functional groups attached to an aromatic ring is 1. The highest BCUT2D eigenvalue weighted by Gasteiger charge is 2.22. The molecule has 0 heterocycles. The van der Waals surface area contributed by atoms with Crippen molar-refractivity contribution in [1.29, 1.82) is 5.26 Å². The van der Waals surface area contributed by atoms with E-state index in [4.69, 9.17) is 22.4 Å². The number of carboxylic acids is 1. The van der Waals surface area contributed by atoms with Gasteiger partial charge in [0.15, 0.2) is 0 Å². The van der Waals surface area contributed by atoms with E-state index in [9.17, 15) is 10.1 Å². The molecule has 2 rings (SSSR count). The number of nitrogens with zero attached hydrogens (tertiary/aromatic N) is 1. The van der Waals surface area contributed by atoms with Crippen molar-refractivity contribution in [2.75, 3.05) is 5.73 Å². The fraction of sp³-hybridized carbons (Fsp3) is 0.222. The highest BCUT2D eigenvalue weighted by molar-refractivity contribution is 6.33. The monoisotopic (exact) mass is 328 g/mol. The molecule has 3 N–H and O–H groups in total. The summed E-state index contributed by atoms with van der Waals surface area (Å²) in [6.45, 7) is 3.64. The Hall–Kier alpha value is -2.51. The van der Waals surface area contributed by atoms with E-state index < -0.39 is 11.4 Å². The zero-order valence-corrected chi connectivity index (χ0v) is 13.7. The number of anilines is 1. The average molecular weight is 329 g/mol. The quantitative estimate of drug-likeness (QED) is 0.830. The molecule has 2 aromatic rings. The van der Waals surface area contributed by atoms with Gasteiger partial charge in [-0.15, -0.1) is 0 Å². The van der Waals surface area contributed by atoms with Crippen molar-refractivity contribution in [3.63, 3.8) is 0 Å².